The normalized spacial score (nSPS) is 21.1. The molecule has 9 heteroatoms. The molecule has 0 spiro atoms. The van der Waals surface area contributed by atoms with Crippen LogP contribution in [-0.2, 0) is 9.59 Å². The maximum absolute atomic E-state index is 11.8. The lowest BCUT2D eigenvalue weighted by atomic mass is 10.2. The standard InChI is InChI=1S/C7H7F3N2O4/c8-7(9,10)5(14)11-3-1-2-12(4(3)13)6(15)16/h3H,1-2H2,(H,11,14)(H,15,16)/t3-/m0/s1. The minimum atomic E-state index is -5.09. The molecule has 16 heavy (non-hydrogen) atoms. The fourth-order valence-corrected chi connectivity index (χ4v) is 1.24. The van der Waals surface area contributed by atoms with E-state index in [9.17, 15) is 27.6 Å². The smallest absolute Gasteiger partial charge is 0.465 e. The Hall–Kier alpha value is -1.80. The van der Waals surface area contributed by atoms with Crippen molar-refractivity contribution in [3.05, 3.63) is 0 Å². The number of carboxylic acid groups (broad SMARTS) is 1. The first kappa shape index (κ1) is 12.3. The van der Waals surface area contributed by atoms with Crippen molar-refractivity contribution in [1.29, 1.82) is 0 Å². The van der Waals surface area contributed by atoms with Crippen LogP contribution in [0.4, 0.5) is 18.0 Å². The Balaban J connectivity index is 2.63. The molecule has 0 aromatic rings. The van der Waals surface area contributed by atoms with E-state index in [4.69, 9.17) is 5.11 Å². The van der Waals surface area contributed by atoms with Gasteiger partial charge < -0.3 is 10.4 Å². The van der Waals surface area contributed by atoms with Gasteiger partial charge in [-0.1, -0.05) is 0 Å². The molecule has 0 aromatic carbocycles. The van der Waals surface area contributed by atoms with Gasteiger partial charge in [-0.2, -0.15) is 13.2 Å². The van der Waals surface area contributed by atoms with Crippen molar-refractivity contribution < 1.29 is 32.7 Å². The number of amides is 3. The van der Waals surface area contributed by atoms with E-state index in [1.165, 1.54) is 5.32 Å². The summed E-state index contributed by atoms with van der Waals surface area (Å²) in [6.45, 7) is -0.225. The van der Waals surface area contributed by atoms with Crippen LogP contribution in [0.5, 0.6) is 0 Å². The van der Waals surface area contributed by atoms with Gasteiger partial charge in [0.15, 0.2) is 0 Å². The highest BCUT2D eigenvalue weighted by molar-refractivity contribution is 5.98. The number of halogens is 3. The number of carbonyl (C=O) groups excluding carboxylic acids is 2. The van der Waals surface area contributed by atoms with Gasteiger partial charge in [0.1, 0.15) is 6.04 Å². The molecule has 0 bridgehead atoms. The first-order chi connectivity index (χ1) is 7.23. The summed E-state index contributed by atoms with van der Waals surface area (Å²) >= 11 is 0. The highest BCUT2D eigenvalue weighted by Crippen LogP contribution is 2.17. The second-order valence-electron chi connectivity index (χ2n) is 3.08. The Morgan fingerprint density at radius 1 is 1.44 bits per heavy atom. The summed E-state index contributed by atoms with van der Waals surface area (Å²) in [4.78, 5) is 32.4. The molecule has 1 rings (SSSR count). The molecule has 90 valence electrons. The molecule has 3 amide bonds. The minimum Gasteiger partial charge on any atom is -0.465 e. The van der Waals surface area contributed by atoms with Gasteiger partial charge in [0.2, 0.25) is 0 Å². The topological polar surface area (TPSA) is 86.7 Å². The number of nitrogens with zero attached hydrogens (tertiary/aromatic N) is 1. The van der Waals surface area contributed by atoms with Gasteiger partial charge in [-0.15, -0.1) is 0 Å². The molecule has 1 aliphatic heterocycles. The van der Waals surface area contributed by atoms with Crippen molar-refractivity contribution in [3.8, 4) is 0 Å². The zero-order chi connectivity index (χ0) is 12.5. The predicted octanol–water partition coefficient (Wildman–Crippen LogP) is -0.0562. The number of carbonyl (C=O) groups is 3. The van der Waals surface area contributed by atoms with Crippen molar-refractivity contribution in [1.82, 2.24) is 10.2 Å². The lowest BCUT2D eigenvalue weighted by Crippen LogP contribution is -2.47. The van der Waals surface area contributed by atoms with Crippen molar-refractivity contribution >= 4 is 17.9 Å². The van der Waals surface area contributed by atoms with Gasteiger partial charge in [-0.3, -0.25) is 9.59 Å². The predicted molar refractivity (Wildman–Crippen MR) is 42.3 cm³/mol. The molecule has 1 heterocycles. The van der Waals surface area contributed by atoms with E-state index in [0.717, 1.165) is 0 Å². The molecule has 1 saturated heterocycles. The monoisotopic (exact) mass is 240 g/mol. The zero-order valence-electron chi connectivity index (χ0n) is 7.74. The lowest BCUT2D eigenvalue weighted by Gasteiger charge is -2.13. The van der Waals surface area contributed by atoms with Crippen LogP contribution in [0, 0.1) is 0 Å². The van der Waals surface area contributed by atoms with Gasteiger partial charge in [-0.05, 0) is 6.42 Å². The minimum absolute atomic E-state index is 0.160. The molecule has 6 nitrogen and oxygen atoms in total. The van der Waals surface area contributed by atoms with Gasteiger partial charge in [0.25, 0.3) is 5.91 Å². The first-order valence-corrected chi connectivity index (χ1v) is 4.15. The summed E-state index contributed by atoms with van der Waals surface area (Å²) in [5, 5.41) is 9.90. The van der Waals surface area contributed by atoms with Crippen LogP contribution in [0.15, 0.2) is 0 Å². The fraction of sp³-hybridized carbons (Fsp3) is 0.571. The number of imide groups is 1. The molecule has 1 aliphatic rings. The lowest BCUT2D eigenvalue weighted by molar-refractivity contribution is -0.174. The third kappa shape index (κ3) is 2.41. The van der Waals surface area contributed by atoms with Crippen molar-refractivity contribution in [2.45, 2.75) is 18.6 Å². The highest BCUT2D eigenvalue weighted by Gasteiger charge is 2.44. The number of alkyl halides is 3. The van der Waals surface area contributed by atoms with Crippen LogP contribution >= 0.6 is 0 Å². The molecule has 0 radical (unpaired) electrons. The number of rotatable bonds is 1. The molecule has 1 fully saturated rings. The Morgan fingerprint density at radius 2 is 2.00 bits per heavy atom. The molecule has 1 atom stereocenters. The highest BCUT2D eigenvalue weighted by atomic mass is 19.4. The average molecular weight is 240 g/mol. The van der Waals surface area contributed by atoms with Crippen LogP contribution in [0.1, 0.15) is 6.42 Å². The van der Waals surface area contributed by atoms with E-state index in [1.54, 1.807) is 0 Å². The first-order valence-electron chi connectivity index (χ1n) is 4.15. The summed E-state index contributed by atoms with van der Waals surface area (Å²) in [5.74, 6) is -3.30. The van der Waals surface area contributed by atoms with E-state index < -0.39 is 30.1 Å². The second-order valence-corrected chi connectivity index (χ2v) is 3.08. The number of hydrogen-bond acceptors (Lipinski definition) is 3. The van der Waals surface area contributed by atoms with E-state index in [-0.39, 0.29) is 13.0 Å². The summed E-state index contributed by atoms with van der Waals surface area (Å²) in [5.41, 5.74) is 0. The Bertz CT molecular complexity index is 341. The molecular formula is C7H7F3N2O4. The Labute approximate surface area is 87.0 Å². The van der Waals surface area contributed by atoms with E-state index >= 15 is 0 Å². The van der Waals surface area contributed by atoms with Crippen LogP contribution in [0.25, 0.3) is 0 Å². The van der Waals surface area contributed by atoms with Crippen molar-refractivity contribution in [2.75, 3.05) is 6.54 Å². The molecular weight excluding hydrogens is 233 g/mol. The summed E-state index contributed by atoms with van der Waals surface area (Å²) in [6.07, 6.45) is -6.79. The van der Waals surface area contributed by atoms with Gasteiger partial charge in [-0.25, -0.2) is 9.69 Å². The van der Waals surface area contributed by atoms with Crippen LogP contribution in [0.2, 0.25) is 0 Å². The average Bonchev–Trinajstić information content (AvgIpc) is 2.46. The summed E-state index contributed by atoms with van der Waals surface area (Å²) in [7, 11) is 0. The zero-order valence-corrected chi connectivity index (χ0v) is 7.74. The number of nitrogens with one attached hydrogen (secondary N) is 1. The molecule has 0 aliphatic carbocycles. The van der Waals surface area contributed by atoms with Gasteiger partial charge in [0, 0.05) is 6.54 Å². The second kappa shape index (κ2) is 3.99. The van der Waals surface area contributed by atoms with E-state index in [0.29, 0.717) is 4.90 Å². The Kier molecular flexibility index (Phi) is 3.06. The van der Waals surface area contributed by atoms with Crippen LogP contribution in [0.3, 0.4) is 0 Å². The van der Waals surface area contributed by atoms with Gasteiger partial charge >= 0.3 is 18.2 Å². The molecule has 0 aromatic heterocycles. The van der Waals surface area contributed by atoms with Crippen molar-refractivity contribution in [3.63, 3.8) is 0 Å². The van der Waals surface area contributed by atoms with E-state index in [2.05, 4.69) is 0 Å². The van der Waals surface area contributed by atoms with Crippen molar-refractivity contribution in [2.24, 2.45) is 0 Å². The third-order valence-corrected chi connectivity index (χ3v) is 2.00. The third-order valence-electron chi connectivity index (χ3n) is 2.00. The molecule has 0 unspecified atom stereocenters. The number of likely N-dealkylation sites (tertiary alicyclic amines) is 1. The molecule has 2 N–H and O–H groups in total. The maximum Gasteiger partial charge on any atom is 0.471 e. The van der Waals surface area contributed by atoms with Gasteiger partial charge in [0.05, 0.1) is 0 Å². The fourth-order valence-electron chi connectivity index (χ4n) is 1.24. The number of hydrogen-bond donors (Lipinski definition) is 2. The molecule has 0 saturated carbocycles. The largest absolute Gasteiger partial charge is 0.471 e. The quantitative estimate of drug-likeness (QED) is 0.672. The van der Waals surface area contributed by atoms with Crippen LogP contribution < -0.4 is 5.32 Å². The SMILES string of the molecule is O=C(O)N1CC[C@H](NC(=O)C(F)(F)F)C1=O. The van der Waals surface area contributed by atoms with Crippen LogP contribution in [-0.4, -0.2) is 46.7 Å². The Morgan fingerprint density at radius 3 is 2.38 bits per heavy atom. The maximum atomic E-state index is 11.8. The van der Waals surface area contributed by atoms with E-state index in [1.807, 2.05) is 0 Å². The summed E-state index contributed by atoms with van der Waals surface area (Å²) < 4.78 is 35.5. The summed E-state index contributed by atoms with van der Waals surface area (Å²) in [6, 6.07) is -1.43.